The van der Waals surface area contributed by atoms with E-state index in [0.717, 1.165) is 38.5 Å². The number of aliphatic carboxylic acids is 1. The maximum absolute atomic E-state index is 11.9. The first-order valence-corrected chi connectivity index (χ1v) is 8.22. The van der Waals surface area contributed by atoms with Crippen molar-refractivity contribution < 1.29 is 23.6 Å². The highest BCUT2D eigenvalue weighted by Crippen LogP contribution is 2.07. The van der Waals surface area contributed by atoms with Crippen LogP contribution in [0.1, 0.15) is 51.4 Å². The van der Waals surface area contributed by atoms with Gasteiger partial charge in [0.15, 0.2) is 0 Å². The lowest BCUT2D eigenvalue weighted by molar-refractivity contribution is -0.884. The highest BCUT2D eigenvalue weighted by atomic mass is 19.1. The molecule has 0 aromatic rings. The molecular formula is C16H31FN2O3. The van der Waals surface area contributed by atoms with E-state index in [1.54, 1.807) is 0 Å². The number of amides is 1. The van der Waals surface area contributed by atoms with Crippen molar-refractivity contribution in [2.45, 2.75) is 51.4 Å². The summed E-state index contributed by atoms with van der Waals surface area (Å²) >= 11 is 0. The number of alkyl halides is 1. The Bertz CT molecular complexity index is 323. The Hall–Kier alpha value is -1.17. The van der Waals surface area contributed by atoms with Gasteiger partial charge in [0.2, 0.25) is 5.91 Å². The third kappa shape index (κ3) is 13.8. The van der Waals surface area contributed by atoms with E-state index in [1.807, 2.05) is 14.1 Å². The van der Waals surface area contributed by atoms with E-state index in [0.29, 0.717) is 30.4 Å². The first-order chi connectivity index (χ1) is 10.4. The van der Waals surface area contributed by atoms with Crippen LogP contribution in [0, 0.1) is 0 Å². The summed E-state index contributed by atoms with van der Waals surface area (Å²) in [5.74, 6) is -1.01. The Morgan fingerprint density at radius 1 is 1.00 bits per heavy atom. The molecule has 1 N–H and O–H groups in total. The number of carboxylic acid groups (broad SMARTS) is 1. The highest BCUT2D eigenvalue weighted by molar-refractivity contribution is 5.75. The summed E-state index contributed by atoms with van der Waals surface area (Å²) in [6.45, 7) is 1.00. The van der Waals surface area contributed by atoms with E-state index >= 15 is 0 Å². The van der Waals surface area contributed by atoms with Crippen molar-refractivity contribution in [2.75, 3.05) is 40.4 Å². The van der Waals surface area contributed by atoms with Gasteiger partial charge in [-0.1, -0.05) is 25.7 Å². The number of hydrogen-bond donors (Lipinski definition) is 1. The van der Waals surface area contributed by atoms with Crippen LogP contribution in [0.5, 0.6) is 0 Å². The van der Waals surface area contributed by atoms with Gasteiger partial charge < -0.3 is 19.7 Å². The Balaban J connectivity index is 3.48. The highest BCUT2D eigenvalue weighted by Gasteiger charge is 2.14. The normalized spacial score (nSPS) is 11.4. The van der Waals surface area contributed by atoms with E-state index in [-0.39, 0.29) is 19.1 Å². The minimum Gasteiger partial charge on any atom is -0.544 e. The molecule has 0 aliphatic rings. The van der Waals surface area contributed by atoms with Crippen molar-refractivity contribution in [2.24, 2.45) is 0 Å². The van der Waals surface area contributed by atoms with Gasteiger partial charge in [-0.2, -0.15) is 0 Å². The van der Waals surface area contributed by atoms with Crippen molar-refractivity contribution >= 4 is 11.9 Å². The molecule has 0 rings (SSSR count). The maximum Gasteiger partial charge on any atom is 0.219 e. The van der Waals surface area contributed by atoms with Gasteiger partial charge in [0.05, 0.1) is 33.3 Å². The monoisotopic (exact) mass is 318 g/mol. The molecule has 0 unspecified atom stereocenters. The number of hydrogen-bond acceptors (Lipinski definition) is 3. The zero-order chi connectivity index (χ0) is 16.8. The van der Waals surface area contributed by atoms with Gasteiger partial charge in [-0.15, -0.1) is 0 Å². The van der Waals surface area contributed by atoms with Gasteiger partial charge in [-0.05, 0) is 12.8 Å². The summed E-state index contributed by atoms with van der Waals surface area (Å²) in [4.78, 5) is 22.2. The van der Waals surface area contributed by atoms with Crippen molar-refractivity contribution in [1.29, 1.82) is 0 Å². The predicted molar refractivity (Wildman–Crippen MR) is 82.8 cm³/mol. The quantitative estimate of drug-likeness (QED) is 0.384. The van der Waals surface area contributed by atoms with Crippen LogP contribution in [0.3, 0.4) is 0 Å². The number of carbonyl (C=O) groups excluding carboxylic acids is 2. The summed E-state index contributed by atoms with van der Waals surface area (Å²) in [5.41, 5.74) is 0. The average Bonchev–Trinajstić information content (AvgIpc) is 2.41. The molecule has 130 valence electrons. The van der Waals surface area contributed by atoms with E-state index in [9.17, 15) is 19.1 Å². The molecule has 6 heteroatoms. The van der Waals surface area contributed by atoms with E-state index in [2.05, 4.69) is 5.32 Å². The van der Waals surface area contributed by atoms with Gasteiger partial charge in [-0.25, -0.2) is 0 Å². The van der Waals surface area contributed by atoms with Crippen molar-refractivity contribution in [1.82, 2.24) is 5.32 Å². The van der Waals surface area contributed by atoms with Gasteiger partial charge in [0.25, 0.3) is 0 Å². The zero-order valence-electron chi connectivity index (χ0n) is 14.0. The second-order valence-corrected chi connectivity index (χ2v) is 6.45. The molecule has 0 atom stereocenters. The third-order valence-corrected chi connectivity index (χ3v) is 3.61. The average molecular weight is 318 g/mol. The van der Waals surface area contributed by atoms with Crippen LogP contribution < -0.4 is 10.4 Å². The van der Waals surface area contributed by atoms with Gasteiger partial charge in [0, 0.05) is 19.4 Å². The third-order valence-electron chi connectivity index (χ3n) is 3.61. The van der Waals surface area contributed by atoms with E-state index < -0.39 is 5.97 Å². The van der Waals surface area contributed by atoms with Crippen molar-refractivity contribution in [3.8, 4) is 0 Å². The Kier molecular flexibility index (Phi) is 11.7. The Morgan fingerprint density at radius 3 is 2.18 bits per heavy atom. The summed E-state index contributed by atoms with van der Waals surface area (Å²) in [5, 5.41) is 13.4. The Morgan fingerprint density at radius 2 is 1.59 bits per heavy atom. The minimum absolute atomic E-state index is 0.0175. The number of quaternary nitrogens is 1. The lowest BCUT2D eigenvalue weighted by atomic mass is 10.1. The number of carboxylic acids is 1. The molecule has 0 spiro atoms. The maximum atomic E-state index is 11.9. The van der Waals surface area contributed by atoms with Crippen LogP contribution >= 0.6 is 0 Å². The molecule has 0 heterocycles. The number of unbranched alkanes of at least 4 members (excludes halogenated alkanes) is 5. The Labute approximate surface area is 133 Å². The number of halogens is 1. The standard InChI is InChI=1S/C16H31FN2O3/c1-19(2,14-16(21)22)13-9-12-18-15(20)10-7-5-3-4-6-8-11-17/h3-14H2,1-2H3,(H-,18,20,21,22). The van der Waals surface area contributed by atoms with Gasteiger partial charge in [-0.3, -0.25) is 9.18 Å². The van der Waals surface area contributed by atoms with Crippen LogP contribution in [-0.4, -0.2) is 56.8 Å². The molecule has 0 saturated carbocycles. The molecule has 0 aromatic carbocycles. The second-order valence-electron chi connectivity index (χ2n) is 6.45. The largest absolute Gasteiger partial charge is 0.544 e. The fourth-order valence-electron chi connectivity index (χ4n) is 2.34. The minimum atomic E-state index is -1.06. The lowest BCUT2D eigenvalue weighted by Crippen LogP contribution is -2.49. The van der Waals surface area contributed by atoms with Gasteiger partial charge >= 0.3 is 0 Å². The van der Waals surface area contributed by atoms with E-state index in [4.69, 9.17) is 0 Å². The molecule has 22 heavy (non-hydrogen) atoms. The smallest absolute Gasteiger partial charge is 0.219 e. The van der Waals surface area contributed by atoms with E-state index in [1.165, 1.54) is 0 Å². The van der Waals surface area contributed by atoms with Crippen LogP contribution in [0.4, 0.5) is 4.39 Å². The fourth-order valence-corrected chi connectivity index (χ4v) is 2.34. The number of nitrogens with one attached hydrogen (secondary N) is 1. The molecule has 0 saturated heterocycles. The molecule has 0 aliphatic carbocycles. The summed E-state index contributed by atoms with van der Waals surface area (Å²) in [6.07, 6.45) is 6.83. The number of likely N-dealkylation sites (N-methyl/N-ethyl adjacent to an activating group) is 1. The number of rotatable bonds is 14. The molecule has 0 aliphatic heterocycles. The van der Waals surface area contributed by atoms with Crippen LogP contribution in [-0.2, 0) is 9.59 Å². The van der Waals surface area contributed by atoms with Gasteiger partial charge in [0.1, 0.15) is 6.54 Å². The predicted octanol–water partition coefficient (Wildman–Crippen LogP) is 1.02. The summed E-state index contributed by atoms with van der Waals surface area (Å²) < 4.78 is 12.2. The number of carbonyl (C=O) groups is 2. The first kappa shape index (κ1) is 20.8. The summed E-state index contributed by atoms with van der Waals surface area (Å²) in [7, 11) is 3.67. The lowest BCUT2D eigenvalue weighted by Gasteiger charge is -2.30. The van der Waals surface area contributed by atoms with Crippen LogP contribution in [0.15, 0.2) is 0 Å². The number of nitrogens with zero attached hydrogens (tertiary/aromatic N) is 1. The molecule has 5 nitrogen and oxygen atoms in total. The van der Waals surface area contributed by atoms with Crippen molar-refractivity contribution in [3.05, 3.63) is 0 Å². The fraction of sp³-hybridized carbons (Fsp3) is 0.875. The van der Waals surface area contributed by atoms with Crippen LogP contribution in [0.25, 0.3) is 0 Å². The molecule has 0 bridgehead atoms. The molecular weight excluding hydrogens is 287 g/mol. The second kappa shape index (κ2) is 12.4. The topological polar surface area (TPSA) is 69.2 Å². The SMILES string of the molecule is C[N+](C)(CCCNC(=O)CCCCCCCCF)CC(=O)[O-]. The summed E-state index contributed by atoms with van der Waals surface area (Å²) in [6, 6.07) is 0. The zero-order valence-corrected chi connectivity index (χ0v) is 14.0. The first-order valence-electron chi connectivity index (χ1n) is 8.22. The molecule has 1 amide bonds. The van der Waals surface area contributed by atoms with Crippen molar-refractivity contribution in [3.63, 3.8) is 0 Å². The molecule has 0 aromatic heterocycles. The van der Waals surface area contributed by atoms with Crippen LogP contribution in [0.2, 0.25) is 0 Å². The molecule has 0 radical (unpaired) electrons. The molecule has 0 fully saturated rings.